The molecule has 19 heavy (non-hydrogen) atoms. The minimum atomic E-state index is -3.74. The summed E-state index contributed by atoms with van der Waals surface area (Å²) in [6.45, 7) is 1.75. The van der Waals surface area contributed by atoms with Gasteiger partial charge in [0.15, 0.2) is 0 Å². The molecule has 1 saturated carbocycles. The first-order valence-electron chi connectivity index (χ1n) is 6.57. The molecule has 0 radical (unpaired) electrons. The lowest BCUT2D eigenvalue weighted by molar-refractivity contribution is 0.462. The number of primary sulfonamides is 1. The van der Waals surface area contributed by atoms with E-state index in [0.29, 0.717) is 17.3 Å². The van der Waals surface area contributed by atoms with Gasteiger partial charge in [-0.3, -0.25) is 0 Å². The Morgan fingerprint density at radius 3 is 2.42 bits per heavy atom. The topological polar surface area (TPSA) is 98.2 Å². The molecule has 0 aliphatic heterocycles. The molecule has 0 saturated heterocycles. The first kappa shape index (κ1) is 14.1. The van der Waals surface area contributed by atoms with Gasteiger partial charge in [0.25, 0.3) is 0 Å². The summed E-state index contributed by atoms with van der Waals surface area (Å²) in [4.78, 5) is 0.103. The van der Waals surface area contributed by atoms with Crippen LogP contribution in [0.25, 0.3) is 0 Å². The minimum absolute atomic E-state index is 0.103. The second kappa shape index (κ2) is 5.38. The van der Waals surface area contributed by atoms with Crippen molar-refractivity contribution in [2.45, 2.75) is 50.0 Å². The summed E-state index contributed by atoms with van der Waals surface area (Å²) in [7, 11) is -3.74. The van der Waals surface area contributed by atoms with Crippen molar-refractivity contribution in [1.29, 1.82) is 0 Å². The van der Waals surface area contributed by atoms with Gasteiger partial charge >= 0.3 is 0 Å². The Balaban J connectivity index is 2.32. The monoisotopic (exact) mass is 283 g/mol. The van der Waals surface area contributed by atoms with Crippen molar-refractivity contribution < 1.29 is 8.42 Å². The number of nitrogens with two attached hydrogens (primary N) is 2. The van der Waals surface area contributed by atoms with Crippen molar-refractivity contribution in [3.8, 4) is 0 Å². The van der Waals surface area contributed by atoms with Crippen LogP contribution in [-0.4, -0.2) is 14.5 Å². The van der Waals surface area contributed by atoms with Crippen molar-refractivity contribution in [2.75, 3.05) is 11.1 Å². The average Bonchev–Trinajstić information content (AvgIpc) is 2.33. The van der Waals surface area contributed by atoms with Crippen LogP contribution in [0.15, 0.2) is 17.0 Å². The van der Waals surface area contributed by atoms with E-state index in [1.54, 1.807) is 13.0 Å². The number of benzene rings is 1. The fraction of sp³-hybridized carbons (Fsp3) is 0.538. The zero-order valence-corrected chi connectivity index (χ0v) is 12.0. The second-order valence-corrected chi connectivity index (χ2v) is 6.75. The summed E-state index contributed by atoms with van der Waals surface area (Å²) in [5.74, 6) is 0. The standard InChI is InChI=1S/C13H21N3O2S/c1-9-12(16-11-5-3-2-4-6-11)7-10(14)8-13(9)19(15,17)18/h7-8,11,16H,2-6,14H2,1H3,(H2,15,17,18). The van der Waals surface area contributed by atoms with Crippen molar-refractivity contribution in [3.05, 3.63) is 17.7 Å². The van der Waals surface area contributed by atoms with Crippen LogP contribution in [0, 0.1) is 6.92 Å². The van der Waals surface area contributed by atoms with Crippen molar-refractivity contribution in [2.24, 2.45) is 5.14 Å². The molecule has 6 heteroatoms. The molecule has 5 N–H and O–H groups in total. The van der Waals surface area contributed by atoms with Gasteiger partial charge in [-0.05, 0) is 37.5 Å². The van der Waals surface area contributed by atoms with Gasteiger partial charge in [-0.15, -0.1) is 0 Å². The fourth-order valence-electron chi connectivity index (χ4n) is 2.62. The van der Waals surface area contributed by atoms with E-state index in [-0.39, 0.29) is 4.90 Å². The third kappa shape index (κ3) is 3.39. The zero-order chi connectivity index (χ0) is 14.0. The number of hydrogen-bond donors (Lipinski definition) is 3. The molecule has 1 fully saturated rings. The van der Waals surface area contributed by atoms with Gasteiger partial charge in [-0.2, -0.15) is 0 Å². The molecule has 1 aliphatic carbocycles. The lowest BCUT2D eigenvalue weighted by atomic mass is 9.95. The van der Waals surface area contributed by atoms with Crippen LogP contribution in [0.1, 0.15) is 37.7 Å². The van der Waals surface area contributed by atoms with Crippen LogP contribution in [0.5, 0.6) is 0 Å². The van der Waals surface area contributed by atoms with Gasteiger partial charge in [-0.25, -0.2) is 13.6 Å². The zero-order valence-electron chi connectivity index (χ0n) is 11.1. The molecule has 106 valence electrons. The molecule has 0 bridgehead atoms. The summed E-state index contributed by atoms with van der Waals surface area (Å²) in [6, 6.07) is 3.58. The molecule has 0 atom stereocenters. The van der Waals surface area contributed by atoms with Crippen LogP contribution >= 0.6 is 0 Å². The molecule has 0 unspecified atom stereocenters. The Labute approximate surface area is 114 Å². The summed E-state index contributed by atoms with van der Waals surface area (Å²) in [5.41, 5.74) is 7.60. The van der Waals surface area contributed by atoms with E-state index in [1.807, 2.05) is 0 Å². The van der Waals surface area contributed by atoms with E-state index < -0.39 is 10.0 Å². The minimum Gasteiger partial charge on any atom is -0.399 e. The molecular weight excluding hydrogens is 262 g/mol. The lowest BCUT2D eigenvalue weighted by Gasteiger charge is -2.25. The van der Waals surface area contributed by atoms with E-state index in [2.05, 4.69) is 5.32 Å². The van der Waals surface area contributed by atoms with Gasteiger partial charge in [0, 0.05) is 17.4 Å². The Morgan fingerprint density at radius 2 is 1.84 bits per heavy atom. The highest BCUT2D eigenvalue weighted by Crippen LogP contribution is 2.29. The maximum atomic E-state index is 11.5. The Hall–Kier alpha value is -1.27. The number of anilines is 2. The van der Waals surface area contributed by atoms with Gasteiger partial charge in [-0.1, -0.05) is 19.3 Å². The molecule has 1 aromatic carbocycles. The number of rotatable bonds is 3. The first-order chi connectivity index (χ1) is 8.88. The van der Waals surface area contributed by atoms with Crippen LogP contribution in [-0.2, 0) is 10.0 Å². The number of hydrogen-bond acceptors (Lipinski definition) is 4. The van der Waals surface area contributed by atoms with Gasteiger partial charge < -0.3 is 11.1 Å². The Kier molecular flexibility index (Phi) is 4.01. The first-order valence-corrected chi connectivity index (χ1v) is 8.12. The van der Waals surface area contributed by atoms with Crippen LogP contribution in [0.2, 0.25) is 0 Å². The van der Waals surface area contributed by atoms with Gasteiger partial charge in [0.05, 0.1) is 4.90 Å². The second-order valence-electron chi connectivity index (χ2n) is 5.22. The van der Waals surface area contributed by atoms with E-state index in [9.17, 15) is 8.42 Å². The van der Waals surface area contributed by atoms with Crippen molar-refractivity contribution >= 4 is 21.4 Å². The number of sulfonamides is 1. The van der Waals surface area contributed by atoms with E-state index in [1.165, 1.54) is 25.3 Å². The average molecular weight is 283 g/mol. The summed E-state index contributed by atoms with van der Waals surface area (Å²) in [5, 5.41) is 8.62. The van der Waals surface area contributed by atoms with E-state index >= 15 is 0 Å². The highest BCUT2D eigenvalue weighted by atomic mass is 32.2. The lowest BCUT2D eigenvalue weighted by Crippen LogP contribution is -2.23. The third-order valence-electron chi connectivity index (χ3n) is 3.65. The maximum absolute atomic E-state index is 11.5. The molecule has 5 nitrogen and oxygen atoms in total. The summed E-state index contributed by atoms with van der Waals surface area (Å²) < 4.78 is 23.1. The molecule has 0 amide bonds. The van der Waals surface area contributed by atoms with Crippen LogP contribution in [0.4, 0.5) is 11.4 Å². The molecule has 0 heterocycles. The molecule has 1 aromatic rings. The predicted octanol–water partition coefficient (Wildman–Crippen LogP) is 1.97. The van der Waals surface area contributed by atoms with Gasteiger partial charge in [0.2, 0.25) is 10.0 Å². The SMILES string of the molecule is Cc1c(NC2CCCCC2)cc(N)cc1S(N)(=O)=O. The summed E-state index contributed by atoms with van der Waals surface area (Å²) in [6.07, 6.45) is 5.91. The number of nitrogens with one attached hydrogen (secondary N) is 1. The molecule has 1 aliphatic rings. The third-order valence-corrected chi connectivity index (χ3v) is 4.69. The summed E-state index contributed by atoms with van der Waals surface area (Å²) >= 11 is 0. The fourth-order valence-corrected chi connectivity index (χ4v) is 3.46. The van der Waals surface area contributed by atoms with E-state index in [4.69, 9.17) is 10.9 Å². The van der Waals surface area contributed by atoms with Crippen molar-refractivity contribution in [3.63, 3.8) is 0 Å². The molecule has 2 rings (SSSR count). The number of nitrogen functional groups attached to an aromatic ring is 1. The largest absolute Gasteiger partial charge is 0.399 e. The molecular formula is C13H21N3O2S. The normalized spacial score (nSPS) is 17.4. The Bertz CT molecular complexity index is 563. The maximum Gasteiger partial charge on any atom is 0.238 e. The predicted molar refractivity (Wildman–Crippen MR) is 77.5 cm³/mol. The molecule has 0 aromatic heterocycles. The Morgan fingerprint density at radius 1 is 1.21 bits per heavy atom. The highest BCUT2D eigenvalue weighted by Gasteiger charge is 2.18. The van der Waals surface area contributed by atoms with Crippen LogP contribution in [0.3, 0.4) is 0 Å². The van der Waals surface area contributed by atoms with E-state index in [0.717, 1.165) is 18.5 Å². The van der Waals surface area contributed by atoms with Gasteiger partial charge in [0.1, 0.15) is 0 Å². The quantitative estimate of drug-likeness (QED) is 0.739. The smallest absolute Gasteiger partial charge is 0.238 e. The molecule has 0 spiro atoms. The van der Waals surface area contributed by atoms with Crippen LogP contribution < -0.4 is 16.2 Å². The van der Waals surface area contributed by atoms with Crippen molar-refractivity contribution in [1.82, 2.24) is 0 Å². The highest BCUT2D eigenvalue weighted by molar-refractivity contribution is 7.89.